The second-order valence-corrected chi connectivity index (χ2v) is 6.72. The quantitative estimate of drug-likeness (QED) is 0.533. The van der Waals surface area contributed by atoms with E-state index in [2.05, 4.69) is 15.3 Å². The first-order chi connectivity index (χ1) is 14.3. The predicted octanol–water partition coefficient (Wildman–Crippen LogP) is 4.59. The van der Waals surface area contributed by atoms with E-state index in [9.17, 15) is 4.79 Å². The van der Waals surface area contributed by atoms with E-state index >= 15 is 0 Å². The number of amides is 1. The average Bonchev–Trinajstić information content (AvgIpc) is 2.80. The molecular weight excluding hydrogens is 358 g/mol. The van der Waals surface area contributed by atoms with Crippen molar-refractivity contribution in [2.45, 2.75) is 12.5 Å². The van der Waals surface area contributed by atoms with Gasteiger partial charge in [0, 0.05) is 30.7 Å². The molecule has 1 N–H and O–H groups in total. The Labute approximate surface area is 170 Å². The van der Waals surface area contributed by atoms with Gasteiger partial charge in [-0.25, -0.2) is 0 Å². The van der Waals surface area contributed by atoms with Crippen molar-refractivity contribution >= 4 is 5.91 Å². The van der Waals surface area contributed by atoms with E-state index in [-0.39, 0.29) is 11.8 Å². The molecule has 0 aliphatic rings. The van der Waals surface area contributed by atoms with Gasteiger partial charge in [-0.1, -0.05) is 66.7 Å². The third-order valence-electron chi connectivity index (χ3n) is 4.83. The maximum absolute atomic E-state index is 13.2. The molecule has 0 aliphatic carbocycles. The number of nitrogens with one attached hydrogen (secondary N) is 1. The molecule has 2 aromatic carbocycles. The van der Waals surface area contributed by atoms with Crippen LogP contribution in [0.25, 0.3) is 11.3 Å². The Kier molecular flexibility index (Phi) is 5.72. The highest BCUT2D eigenvalue weighted by molar-refractivity contribution is 5.87. The van der Waals surface area contributed by atoms with E-state index in [1.165, 1.54) is 0 Å². The predicted molar refractivity (Wildman–Crippen MR) is 114 cm³/mol. The summed E-state index contributed by atoms with van der Waals surface area (Å²) in [5.41, 5.74) is 4.74. The second-order valence-electron chi connectivity index (χ2n) is 6.72. The maximum atomic E-state index is 13.2. The summed E-state index contributed by atoms with van der Waals surface area (Å²) in [5, 5.41) is 3.11. The summed E-state index contributed by atoms with van der Waals surface area (Å²) in [6.45, 7) is 0.403. The van der Waals surface area contributed by atoms with Crippen LogP contribution in [0.2, 0.25) is 0 Å². The zero-order valence-electron chi connectivity index (χ0n) is 15.9. The number of hydrogen-bond acceptors (Lipinski definition) is 3. The van der Waals surface area contributed by atoms with Gasteiger partial charge in [-0.2, -0.15) is 0 Å². The first-order valence-corrected chi connectivity index (χ1v) is 9.55. The molecule has 4 aromatic rings. The van der Waals surface area contributed by atoms with Crippen molar-refractivity contribution in [2.75, 3.05) is 0 Å². The molecule has 0 spiro atoms. The number of nitrogens with zero attached hydrogens (tertiary/aromatic N) is 2. The van der Waals surface area contributed by atoms with Gasteiger partial charge in [0.15, 0.2) is 0 Å². The summed E-state index contributed by atoms with van der Waals surface area (Å²) >= 11 is 0. The largest absolute Gasteiger partial charge is 0.351 e. The molecule has 29 heavy (non-hydrogen) atoms. The SMILES string of the molecule is O=C(NCc1cccnc1-c1ccncc1)C(c1ccccc1)c1ccccc1. The summed E-state index contributed by atoms with van der Waals surface area (Å²) in [7, 11) is 0. The van der Waals surface area contributed by atoms with Gasteiger partial charge < -0.3 is 5.32 Å². The van der Waals surface area contributed by atoms with Crippen LogP contribution < -0.4 is 5.32 Å². The Hall–Kier alpha value is -3.79. The van der Waals surface area contributed by atoms with Crippen LogP contribution in [0.3, 0.4) is 0 Å². The van der Waals surface area contributed by atoms with Gasteiger partial charge in [-0.15, -0.1) is 0 Å². The van der Waals surface area contributed by atoms with Gasteiger partial charge in [-0.3, -0.25) is 14.8 Å². The van der Waals surface area contributed by atoms with Crippen LogP contribution in [0.1, 0.15) is 22.6 Å². The molecule has 0 radical (unpaired) electrons. The van der Waals surface area contributed by atoms with Crippen LogP contribution >= 0.6 is 0 Å². The fourth-order valence-corrected chi connectivity index (χ4v) is 3.42. The van der Waals surface area contributed by atoms with E-state index in [0.29, 0.717) is 6.54 Å². The van der Waals surface area contributed by atoms with Crippen molar-refractivity contribution in [3.8, 4) is 11.3 Å². The molecule has 0 unspecified atom stereocenters. The molecule has 0 bridgehead atoms. The lowest BCUT2D eigenvalue weighted by Crippen LogP contribution is -2.30. The van der Waals surface area contributed by atoms with Crippen LogP contribution in [0.5, 0.6) is 0 Å². The fourth-order valence-electron chi connectivity index (χ4n) is 3.42. The summed E-state index contributed by atoms with van der Waals surface area (Å²) in [5.74, 6) is -0.398. The summed E-state index contributed by atoms with van der Waals surface area (Å²) in [6.07, 6.45) is 5.25. The normalized spacial score (nSPS) is 10.7. The van der Waals surface area contributed by atoms with Crippen molar-refractivity contribution in [3.05, 3.63) is 120 Å². The molecule has 0 saturated carbocycles. The Morgan fingerprint density at radius 3 is 2.00 bits per heavy atom. The summed E-state index contributed by atoms with van der Waals surface area (Å²) < 4.78 is 0. The van der Waals surface area contributed by atoms with Crippen molar-refractivity contribution in [2.24, 2.45) is 0 Å². The van der Waals surface area contributed by atoms with Crippen LogP contribution in [-0.4, -0.2) is 15.9 Å². The van der Waals surface area contributed by atoms with Crippen molar-refractivity contribution in [1.82, 2.24) is 15.3 Å². The lowest BCUT2D eigenvalue weighted by atomic mass is 9.90. The number of carbonyl (C=O) groups is 1. The Balaban J connectivity index is 1.59. The number of pyridine rings is 2. The van der Waals surface area contributed by atoms with E-state index < -0.39 is 0 Å². The third kappa shape index (κ3) is 4.38. The zero-order valence-corrected chi connectivity index (χ0v) is 15.9. The lowest BCUT2D eigenvalue weighted by Gasteiger charge is -2.18. The average molecular weight is 379 g/mol. The third-order valence-corrected chi connectivity index (χ3v) is 4.83. The molecule has 4 rings (SSSR count). The highest BCUT2D eigenvalue weighted by Crippen LogP contribution is 2.25. The Morgan fingerprint density at radius 1 is 0.759 bits per heavy atom. The molecular formula is C25H21N3O. The number of aromatic nitrogens is 2. The minimum atomic E-state index is -0.363. The molecule has 1 amide bonds. The molecule has 4 heteroatoms. The first kappa shape index (κ1) is 18.6. The Bertz CT molecular complexity index is 1030. The summed E-state index contributed by atoms with van der Waals surface area (Å²) in [4.78, 5) is 21.8. The van der Waals surface area contributed by atoms with Crippen LogP contribution in [0.4, 0.5) is 0 Å². The van der Waals surface area contributed by atoms with E-state index in [1.54, 1.807) is 18.6 Å². The Morgan fingerprint density at radius 2 is 1.38 bits per heavy atom. The molecule has 142 valence electrons. The van der Waals surface area contributed by atoms with E-state index in [4.69, 9.17) is 0 Å². The summed E-state index contributed by atoms with van der Waals surface area (Å²) in [6, 6.07) is 27.4. The van der Waals surface area contributed by atoms with Gasteiger partial charge in [0.2, 0.25) is 5.91 Å². The van der Waals surface area contributed by atoms with Crippen LogP contribution in [0, 0.1) is 0 Å². The highest BCUT2D eigenvalue weighted by atomic mass is 16.1. The molecule has 2 aromatic heterocycles. The van der Waals surface area contributed by atoms with Crippen molar-refractivity contribution < 1.29 is 4.79 Å². The van der Waals surface area contributed by atoms with E-state index in [1.807, 2.05) is 84.9 Å². The standard InChI is InChI=1S/C25H21N3O/c29-25(23(19-8-3-1-4-9-19)20-10-5-2-6-11-20)28-18-22-12-7-15-27-24(22)21-13-16-26-17-14-21/h1-17,23H,18H2,(H,28,29). The molecule has 0 atom stereocenters. The van der Waals surface area contributed by atoms with Crippen LogP contribution in [-0.2, 0) is 11.3 Å². The monoisotopic (exact) mass is 379 g/mol. The smallest absolute Gasteiger partial charge is 0.232 e. The number of rotatable bonds is 6. The molecule has 4 nitrogen and oxygen atoms in total. The fraction of sp³-hybridized carbons (Fsp3) is 0.0800. The van der Waals surface area contributed by atoms with Crippen molar-refractivity contribution in [3.63, 3.8) is 0 Å². The van der Waals surface area contributed by atoms with Gasteiger partial charge in [0.1, 0.15) is 0 Å². The minimum absolute atomic E-state index is 0.0352. The molecule has 0 aliphatic heterocycles. The van der Waals surface area contributed by atoms with Crippen LogP contribution in [0.15, 0.2) is 104 Å². The van der Waals surface area contributed by atoms with E-state index in [0.717, 1.165) is 27.9 Å². The second kappa shape index (κ2) is 8.93. The molecule has 0 saturated heterocycles. The first-order valence-electron chi connectivity index (χ1n) is 9.55. The lowest BCUT2D eigenvalue weighted by molar-refractivity contribution is -0.121. The van der Waals surface area contributed by atoms with Gasteiger partial charge in [0.05, 0.1) is 11.6 Å². The topological polar surface area (TPSA) is 54.9 Å². The van der Waals surface area contributed by atoms with Gasteiger partial charge in [0.25, 0.3) is 0 Å². The highest BCUT2D eigenvalue weighted by Gasteiger charge is 2.22. The molecule has 2 heterocycles. The number of hydrogen-bond donors (Lipinski definition) is 1. The number of carbonyl (C=O) groups excluding carboxylic acids is 1. The zero-order chi connectivity index (χ0) is 19.9. The minimum Gasteiger partial charge on any atom is -0.351 e. The van der Waals surface area contributed by atoms with Crippen molar-refractivity contribution in [1.29, 1.82) is 0 Å². The number of benzene rings is 2. The maximum Gasteiger partial charge on any atom is 0.232 e. The molecule has 0 fully saturated rings. The van der Waals surface area contributed by atoms with Gasteiger partial charge in [-0.05, 0) is 34.9 Å². The van der Waals surface area contributed by atoms with Gasteiger partial charge >= 0.3 is 0 Å².